The Hall–Kier alpha value is -3.15. The highest BCUT2D eigenvalue weighted by Crippen LogP contribution is 2.22. The number of hydrogen-bond donors (Lipinski definition) is 1. The Morgan fingerprint density at radius 3 is 2.62 bits per heavy atom. The molecule has 1 heterocycles. The predicted molar refractivity (Wildman–Crippen MR) is 96.1 cm³/mol. The first-order chi connectivity index (χ1) is 12.5. The van der Waals surface area contributed by atoms with Gasteiger partial charge in [-0.05, 0) is 36.8 Å². The molecule has 134 valence electrons. The number of carbonyl (C=O) groups is 1. The first-order valence-corrected chi connectivity index (χ1v) is 8.29. The van der Waals surface area contributed by atoms with Gasteiger partial charge in [0.1, 0.15) is 23.4 Å². The van der Waals surface area contributed by atoms with Crippen molar-refractivity contribution in [1.82, 2.24) is 14.9 Å². The third kappa shape index (κ3) is 4.08. The molecule has 26 heavy (non-hydrogen) atoms. The van der Waals surface area contributed by atoms with E-state index in [1.54, 1.807) is 48.1 Å². The van der Waals surface area contributed by atoms with E-state index in [2.05, 4.69) is 10.3 Å². The largest absolute Gasteiger partial charge is 0.481 e. The van der Waals surface area contributed by atoms with Gasteiger partial charge in [-0.15, -0.1) is 0 Å². The van der Waals surface area contributed by atoms with Crippen molar-refractivity contribution in [3.8, 4) is 5.75 Å². The fourth-order valence-corrected chi connectivity index (χ4v) is 2.65. The number of aromatic nitrogens is 2. The van der Waals surface area contributed by atoms with Gasteiger partial charge in [0, 0.05) is 19.4 Å². The Labute approximate surface area is 151 Å². The van der Waals surface area contributed by atoms with Gasteiger partial charge in [-0.3, -0.25) is 4.79 Å². The summed E-state index contributed by atoms with van der Waals surface area (Å²) in [5.41, 5.74) is 0.611. The predicted octanol–water partition coefficient (Wildman–Crippen LogP) is 3.23. The first kappa shape index (κ1) is 17.7. The molecule has 1 amide bonds. The molecule has 1 aromatic heterocycles. The monoisotopic (exact) mass is 353 g/mol. The molecule has 0 saturated carbocycles. The molecule has 0 fully saturated rings. The van der Waals surface area contributed by atoms with Crippen LogP contribution in [-0.2, 0) is 11.8 Å². The number of imidazole rings is 1. The van der Waals surface area contributed by atoms with Crippen LogP contribution >= 0.6 is 0 Å². The first-order valence-electron chi connectivity index (χ1n) is 8.29. The Morgan fingerprint density at radius 2 is 1.96 bits per heavy atom. The maximum Gasteiger partial charge on any atom is 0.261 e. The van der Waals surface area contributed by atoms with Crippen LogP contribution in [0.4, 0.5) is 4.39 Å². The van der Waals surface area contributed by atoms with Crippen LogP contribution in [0, 0.1) is 5.82 Å². The number of hydrogen-bond acceptors (Lipinski definition) is 3. The van der Waals surface area contributed by atoms with Crippen molar-refractivity contribution in [3.05, 3.63) is 84.2 Å². The SMILES string of the molecule is C[C@H](Oc1ccccc1)C(=O)N[C@H](c1cccc(F)c1)c1nccn1C. The summed E-state index contributed by atoms with van der Waals surface area (Å²) < 4.78 is 21.1. The average molecular weight is 353 g/mol. The maximum absolute atomic E-state index is 13.7. The van der Waals surface area contributed by atoms with Gasteiger partial charge < -0.3 is 14.6 Å². The Kier molecular flexibility index (Phi) is 5.31. The zero-order valence-corrected chi connectivity index (χ0v) is 14.6. The van der Waals surface area contributed by atoms with Crippen LogP contribution in [0.25, 0.3) is 0 Å². The molecule has 0 aliphatic rings. The molecule has 0 unspecified atom stereocenters. The third-order valence-corrected chi connectivity index (χ3v) is 4.01. The van der Waals surface area contributed by atoms with E-state index in [4.69, 9.17) is 4.74 Å². The molecule has 0 radical (unpaired) electrons. The highest BCUT2D eigenvalue weighted by molar-refractivity contribution is 5.81. The molecule has 6 heteroatoms. The van der Waals surface area contributed by atoms with E-state index >= 15 is 0 Å². The summed E-state index contributed by atoms with van der Waals surface area (Å²) in [6.07, 6.45) is 2.70. The van der Waals surface area contributed by atoms with E-state index < -0.39 is 12.1 Å². The van der Waals surface area contributed by atoms with Crippen molar-refractivity contribution >= 4 is 5.91 Å². The minimum atomic E-state index is -0.714. The summed E-state index contributed by atoms with van der Waals surface area (Å²) in [6.45, 7) is 1.67. The summed E-state index contributed by atoms with van der Waals surface area (Å²) >= 11 is 0. The molecule has 5 nitrogen and oxygen atoms in total. The summed E-state index contributed by atoms with van der Waals surface area (Å²) in [6, 6.07) is 14.6. The number of nitrogens with one attached hydrogen (secondary N) is 1. The van der Waals surface area contributed by atoms with Crippen molar-refractivity contribution in [1.29, 1.82) is 0 Å². The molecular weight excluding hydrogens is 333 g/mol. The second-order valence-electron chi connectivity index (χ2n) is 5.97. The molecule has 0 aliphatic carbocycles. The van der Waals surface area contributed by atoms with Gasteiger partial charge in [0.15, 0.2) is 6.10 Å². The fraction of sp³-hybridized carbons (Fsp3) is 0.200. The number of benzene rings is 2. The molecule has 0 aliphatic heterocycles. The summed E-state index contributed by atoms with van der Waals surface area (Å²) in [4.78, 5) is 17.0. The Bertz CT molecular complexity index is 880. The van der Waals surface area contributed by atoms with Gasteiger partial charge in [-0.25, -0.2) is 9.37 Å². The zero-order valence-electron chi connectivity index (χ0n) is 14.6. The molecule has 2 aromatic carbocycles. The number of para-hydroxylation sites is 1. The third-order valence-electron chi connectivity index (χ3n) is 4.01. The van der Waals surface area contributed by atoms with Crippen molar-refractivity contribution in [2.75, 3.05) is 0 Å². The zero-order chi connectivity index (χ0) is 18.5. The maximum atomic E-state index is 13.7. The van der Waals surface area contributed by atoms with Gasteiger partial charge in [0.05, 0.1) is 0 Å². The van der Waals surface area contributed by atoms with Gasteiger partial charge in [0.25, 0.3) is 5.91 Å². The van der Waals surface area contributed by atoms with Crippen molar-refractivity contribution in [2.45, 2.75) is 19.1 Å². The van der Waals surface area contributed by atoms with E-state index in [1.807, 2.05) is 25.2 Å². The van der Waals surface area contributed by atoms with Crippen LogP contribution in [0.3, 0.4) is 0 Å². The van der Waals surface area contributed by atoms with Gasteiger partial charge in [0.2, 0.25) is 0 Å². The second kappa shape index (κ2) is 7.82. The molecule has 3 rings (SSSR count). The second-order valence-corrected chi connectivity index (χ2v) is 5.97. The topological polar surface area (TPSA) is 56.1 Å². The van der Waals surface area contributed by atoms with Crippen LogP contribution in [-0.4, -0.2) is 21.6 Å². The van der Waals surface area contributed by atoms with Crippen LogP contribution in [0.2, 0.25) is 0 Å². The fourth-order valence-electron chi connectivity index (χ4n) is 2.65. The van der Waals surface area contributed by atoms with Crippen molar-refractivity contribution < 1.29 is 13.9 Å². The van der Waals surface area contributed by atoms with E-state index in [-0.39, 0.29) is 11.7 Å². The lowest BCUT2D eigenvalue weighted by Crippen LogP contribution is -2.39. The number of halogens is 1. The lowest BCUT2D eigenvalue weighted by Gasteiger charge is -2.22. The summed E-state index contributed by atoms with van der Waals surface area (Å²) in [5, 5.41) is 2.91. The standard InChI is InChI=1S/C20H20FN3O2/c1-14(26-17-9-4-3-5-10-17)20(25)23-18(19-22-11-12-24(19)2)15-7-6-8-16(21)13-15/h3-14,18H,1-2H3,(H,23,25)/t14-,18+/m0/s1. The number of carbonyl (C=O) groups excluding carboxylic acids is 1. The molecule has 0 bridgehead atoms. The molecule has 1 N–H and O–H groups in total. The lowest BCUT2D eigenvalue weighted by atomic mass is 10.1. The number of ether oxygens (including phenoxy) is 1. The van der Waals surface area contributed by atoms with Crippen molar-refractivity contribution in [2.24, 2.45) is 7.05 Å². The van der Waals surface area contributed by atoms with E-state index in [1.165, 1.54) is 12.1 Å². The smallest absolute Gasteiger partial charge is 0.261 e. The van der Waals surface area contributed by atoms with Gasteiger partial charge >= 0.3 is 0 Å². The minimum Gasteiger partial charge on any atom is -0.481 e. The number of rotatable bonds is 6. The quantitative estimate of drug-likeness (QED) is 0.740. The van der Waals surface area contributed by atoms with Gasteiger partial charge in [-0.1, -0.05) is 30.3 Å². The summed E-state index contributed by atoms with van der Waals surface area (Å²) in [5.74, 6) is 0.529. The average Bonchev–Trinajstić information content (AvgIpc) is 3.06. The highest BCUT2D eigenvalue weighted by atomic mass is 19.1. The summed E-state index contributed by atoms with van der Waals surface area (Å²) in [7, 11) is 1.82. The highest BCUT2D eigenvalue weighted by Gasteiger charge is 2.24. The van der Waals surface area contributed by atoms with Crippen LogP contribution in [0.5, 0.6) is 5.75 Å². The van der Waals surface area contributed by atoms with Crippen LogP contribution < -0.4 is 10.1 Å². The van der Waals surface area contributed by atoms with E-state index in [9.17, 15) is 9.18 Å². The minimum absolute atomic E-state index is 0.314. The van der Waals surface area contributed by atoms with Crippen LogP contribution in [0.15, 0.2) is 67.0 Å². The molecule has 0 spiro atoms. The Morgan fingerprint density at radius 1 is 1.19 bits per heavy atom. The van der Waals surface area contributed by atoms with E-state index in [0.717, 1.165) is 0 Å². The van der Waals surface area contributed by atoms with Crippen molar-refractivity contribution in [3.63, 3.8) is 0 Å². The number of nitrogens with zero attached hydrogens (tertiary/aromatic N) is 2. The normalized spacial score (nSPS) is 13.0. The van der Waals surface area contributed by atoms with E-state index in [0.29, 0.717) is 17.1 Å². The number of amides is 1. The molecule has 2 atom stereocenters. The Balaban J connectivity index is 1.81. The van der Waals surface area contributed by atoms with Crippen LogP contribution in [0.1, 0.15) is 24.4 Å². The number of aryl methyl sites for hydroxylation is 1. The molecular formula is C20H20FN3O2. The molecule has 0 saturated heterocycles. The van der Waals surface area contributed by atoms with Gasteiger partial charge in [-0.2, -0.15) is 0 Å². The molecule has 3 aromatic rings. The lowest BCUT2D eigenvalue weighted by molar-refractivity contribution is -0.127.